The number of carbonyl (C=O) groups excluding carboxylic acids is 1. The Labute approximate surface area is 129 Å². The van der Waals surface area contributed by atoms with E-state index in [1.54, 1.807) is 7.11 Å². The van der Waals surface area contributed by atoms with E-state index in [9.17, 15) is 9.90 Å². The summed E-state index contributed by atoms with van der Waals surface area (Å²) in [6, 6.07) is 0. The van der Waals surface area contributed by atoms with Crippen molar-refractivity contribution in [2.24, 2.45) is 11.8 Å². The summed E-state index contributed by atoms with van der Waals surface area (Å²) in [6.07, 6.45) is 1.15. The molecular weight excluding hydrogens is 292 g/mol. The highest BCUT2D eigenvalue weighted by molar-refractivity contribution is 5.69. The number of cyclic esters (lactones) is 1. The number of aliphatic hydroxyl groups is 1. The molecule has 126 valence electrons. The van der Waals surface area contributed by atoms with Gasteiger partial charge in [0, 0.05) is 38.6 Å². The maximum atomic E-state index is 11.7. The van der Waals surface area contributed by atoms with Crippen LogP contribution in [0.3, 0.4) is 0 Å². The molecule has 5 atom stereocenters. The fourth-order valence-corrected chi connectivity index (χ4v) is 3.71. The number of ether oxygens (including phenoxy) is 5. The number of aliphatic hydroxyl groups excluding tert-OH is 1. The molecule has 1 unspecified atom stereocenters. The predicted octanol–water partition coefficient (Wildman–Crippen LogP) is 0.441. The maximum absolute atomic E-state index is 11.7. The van der Waals surface area contributed by atoms with Crippen molar-refractivity contribution < 1.29 is 33.6 Å². The van der Waals surface area contributed by atoms with E-state index in [1.165, 1.54) is 0 Å². The van der Waals surface area contributed by atoms with Gasteiger partial charge in [-0.1, -0.05) is 0 Å². The molecule has 0 bridgehead atoms. The smallest absolute Gasteiger partial charge is 0.308 e. The van der Waals surface area contributed by atoms with Gasteiger partial charge in [-0.05, 0) is 12.8 Å². The van der Waals surface area contributed by atoms with Crippen molar-refractivity contribution in [3.05, 3.63) is 0 Å². The average Bonchev–Trinajstić information content (AvgIpc) is 2.78. The minimum atomic E-state index is -0.609. The molecule has 3 fully saturated rings. The highest BCUT2D eigenvalue weighted by Crippen LogP contribution is 2.42. The third kappa shape index (κ3) is 3.44. The summed E-state index contributed by atoms with van der Waals surface area (Å²) in [5, 5.41) is 10.3. The number of hydrogen-bond acceptors (Lipinski definition) is 7. The van der Waals surface area contributed by atoms with Crippen LogP contribution in [0.5, 0.6) is 0 Å². The maximum Gasteiger partial charge on any atom is 0.308 e. The second-order valence-electron chi connectivity index (χ2n) is 6.14. The van der Waals surface area contributed by atoms with Crippen LogP contribution in [0.1, 0.15) is 25.7 Å². The van der Waals surface area contributed by atoms with Crippen molar-refractivity contribution >= 4 is 5.97 Å². The zero-order valence-corrected chi connectivity index (χ0v) is 12.8. The lowest BCUT2D eigenvalue weighted by atomic mass is 9.89. The lowest BCUT2D eigenvalue weighted by Gasteiger charge is -2.35. The van der Waals surface area contributed by atoms with E-state index in [4.69, 9.17) is 23.7 Å². The topological polar surface area (TPSA) is 83.5 Å². The largest absolute Gasteiger partial charge is 0.438 e. The summed E-state index contributed by atoms with van der Waals surface area (Å²) < 4.78 is 27.4. The number of carbonyl (C=O) groups is 1. The van der Waals surface area contributed by atoms with Crippen LogP contribution >= 0.6 is 0 Å². The number of methoxy groups -OCH3 is 1. The molecule has 7 heteroatoms. The lowest BCUT2D eigenvalue weighted by molar-refractivity contribution is -0.240. The first kappa shape index (κ1) is 16.1. The summed E-state index contributed by atoms with van der Waals surface area (Å²) in [4.78, 5) is 11.7. The van der Waals surface area contributed by atoms with Gasteiger partial charge in [-0.2, -0.15) is 0 Å². The normalized spacial score (nSPS) is 40.6. The van der Waals surface area contributed by atoms with E-state index < -0.39 is 12.4 Å². The van der Waals surface area contributed by atoms with Gasteiger partial charge in [0.1, 0.15) is 0 Å². The fourth-order valence-electron chi connectivity index (χ4n) is 3.71. The molecule has 1 aliphatic carbocycles. The molecule has 2 heterocycles. The van der Waals surface area contributed by atoms with Gasteiger partial charge in [-0.3, -0.25) is 4.79 Å². The first-order chi connectivity index (χ1) is 10.7. The van der Waals surface area contributed by atoms with Gasteiger partial charge in [0.15, 0.2) is 13.1 Å². The van der Waals surface area contributed by atoms with Gasteiger partial charge in [0.25, 0.3) is 0 Å². The van der Waals surface area contributed by atoms with Crippen LogP contribution in [0.25, 0.3) is 0 Å². The van der Waals surface area contributed by atoms with Crippen molar-refractivity contribution in [3.63, 3.8) is 0 Å². The fraction of sp³-hybridized carbons (Fsp3) is 0.933. The highest BCUT2D eigenvalue weighted by Gasteiger charge is 2.50. The minimum Gasteiger partial charge on any atom is -0.438 e. The van der Waals surface area contributed by atoms with Crippen LogP contribution in [-0.2, 0) is 28.5 Å². The quantitative estimate of drug-likeness (QED) is 0.756. The third-order valence-electron chi connectivity index (χ3n) is 4.83. The van der Waals surface area contributed by atoms with Gasteiger partial charge in [-0.25, -0.2) is 0 Å². The van der Waals surface area contributed by atoms with E-state index in [2.05, 4.69) is 0 Å². The predicted molar refractivity (Wildman–Crippen MR) is 73.8 cm³/mol. The Morgan fingerprint density at radius 3 is 2.77 bits per heavy atom. The Kier molecular flexibility index (Phi) is 5.30. The Hall–Kier alpha value is -0.730. The minimum absolute atomic E-state index is 0.124. The van der Waals surface area contributed by atoms with Crippen molar-refractivity contribution in [1.82, 2.24) is 0 Å². The summed E-state index contributed by atoms with van der Waals surface area (Å²) in [6.45, 7) is 1.27. The molecule has 1 saturated carbocycles. The number of esters is 1. The van der Waals surface area contributed by atoms with Crippen molar-refractivity contribution in [1.29, 1.82) is 0 Å². The first-order valence-electron chi connectivity index (χ1n) is 7.90. The second-order valence-corrected chi connectivity index (χ2v) is 6.14. The van der Waals surface area contributed by atoms with Gasteiger partial charge in [0.2, 0.25) is 0 Å². The molecule has 1 N–H and O–H groups in total. The summed E-state index contributed by atoms with van der Waals surface area (Å²) in [5.74, 6) is -0.784. The Balaban J connectivity index is 1.73. The van der Waals surface area contributed by atoms with Crippen LogP contribution in [0.15, 0.2) is 0 Å². The third-order valence-corrected chi connectivity index (χ3v) is 4.83. The SMILES string of the molecule is COC1OCOC(=O)C[C@H]2[C@H]1[C@@H](OC1CCOCC1)C[C@H]2O. The lowest BCUT2D eigenvalue weighted by Crippen LogP contribution is -2.42. The van der Waals surface area contributed by atoms with Crippen LogP contribution in [0.4, 0.5) is 0 Å². The Bertz CT molecular complexity index is 382. The second kappa shape index (κ2) is 7.23. The van der Waals surface area contributed by atoms with E-state index in [-0.39, 0.29) is 43.2 Å². The van der Waals surface area contributed by atoms with E-state index in [1.807, 2.05) is 0 Å². The molecule has 0 aromatic heterocycles. The molecule has 3 aliphatic rings. The van der Waals surface area contributed by atoms with Gasteiger partial charge < -0.3 is 28.8 Å². The van der Waals surface area contributed by atoms with E-state index >= 15 is 0 Å². The highest BCUT2D eigenvalue weighted by atomic mass is 16.8. The molecule has 0 spiro atoms. The van der Waals surface area contributed by atoms with Crippen LogP contribution in [-0.4, -0.2) is 62.8 Å². The van der Waals surface area contributed by atoms with Gasteiger partial charge >= 0.3 is 5.97 Å². The molecule has 0 radical (unpaired) electrons. The first-order valence-corrected chi connectivity index (χ1v) is 7.90. The van der Waals surface area contributed by atoms with Crippen molar-refractivity contribution in [3.8, 4) is 0 Å². The van der Waals surface area contributed by atoms with E-state index in [0.29, 0.717) is 19.6 Å². The molecule has 0 amide bonds. The van der Waals surface area contributed by atoms with Crippen LogP contribution < -0.4 is 0 Å². The molecule has 2 saturated heterocycles. The molecule has 3 rings (SSSR count). The van der Waals surface area contributed by atoms with Crippen molar-refractivity contribution in [2.45, 2.75) is 50.3 Å². The molecule has 22 heavy (non-hydrogen) atoms. The summed E-state index contributed by atoms with van der Waals surface area (Å²) in [7, 11) is 1.56. The standard InChI is InChI=1S/C15H24O7/c1-18-15-14-10(6-13(17)20-8-21-15)11(16)7-12(14)22-9-2-4-19-5-3-9/h9-12,14-16H,2-8H2,1H3/t10-,11-,12+,14+,15?/m1/s1. The molecular formula is C15H24O7. The molecule has 7 nitrogen and oxygen atoms in total. The number of hydrogen-bond donors (Lipinski definition) is 1. The molecule has 2 aliphatic heterocycles. The molecule has 0 aromatic carbocycles. The van der Waals surface area contributed by atoms with Gasteiger partial charge in [0.05, 0.1) is 24.7 Å². The van der Waals surface area contributed by atoms with Gasteiger partial charge in [-0.15, -0.1) is 0 Å². The summed E-state index contributed by atoms with van der Waals surface area (Å²) >= 11 is 0. The Morgan fingerprint density at radius 2 is 2.05 bits per heavy atom. The van der Waals surface area contributed by atoms with Crippen molar-refractivity contribution in [2.75, 3.05) is 27.1 Å². The zero-order chi connectivity index (χ0) is 15.5. The van der Waals surface area contributed by atoms with Crippen LogP contribution in [0, 0.1) is 11.8 Å². The summed E-state index contributed by atoms with van der Waals surface area (Å²) in [5.41, 5.74) is 0. The van der Waals surface area contributed by atoms with Crippen LogP contribution in [0.2, 0.25) is 0 Å². The Morgan fingerprint density at radius 1 is 1.27 bits per heavy atom. The molecule has 0 aromatic rings. The zero-order valence-electron chi connectivity index (χ0n) is 12.8. The monoisotopic (exact) mass is 316 g/mol. The average molecular weight is 316 g/mol. The number of rotatable bonds is 3. The van der Waals surface area contributed by atoms with E-state index in [0.717, 1.165) is 12.8 Å². The number of fused-ring (bicyclic) bond motifs is 1.